The van der Waals surface area contributed by atoms with E-state index in [1.54, 1.807) is 20.8 Å². The van der Waals surface area contributed by atoms with Gasteiger partial charge in [0.2, 0.25) is 5.91 Å². The van der Waals surface area contributed by atoms with E-state index in [4.69, 9.17) is 5.11 Å². The van der Waals surface area contributed by atoms with Crippen molar-refractivity contribution in [2.24, 2.45) is 5.41 Å². The minimum absolute atomic E-state index is 0.200. The number of aliphatic carboxylic acids is 1. The third-order valence-electron chi connectivity index (χ3n) is 2.51. The Bertz CT molecular complexity index is 223. The fraction of sp³-hybridized carbons (Fsp3) is 0.800. The molecule has 0 radical (unpaired) electrons. The molecule has 0 bridgehead atoms. The van der Waals surface area contributed by atoms with Crippen LogP contribution < -0.4 is 5.32 Å². The second-order valence-electron chi connectivity index (χ2n) is 4.01. The summed E-state index contributed by atoms with van der Waals surface area (Å²) in [6, 6.07) is -0.770. The van der Waals surface area contributed by atoms with E-state index >= 15 is 0 Å². The molecule has 1 amide bonds. The van der Waals surface area contributed by atoms with Gasteiger partial charge in [-0.2, -0.15) is 0 Å². The first-order chi connectivity index (χ1) is 6.35. The van der Waals surface area contributed by atoms with Crippen LogP contribution in [-0.2, 0) is 9.59 Å². The second-order valence-corrected chi connectivity index (χ2v) is 4.01. The highest BCUT2D eigenvalue weighted by molar-refractivity contribution is 5.86. The van der Waals surface area contributed by atoms with Crippen molar-refractivity contribution in [3.8, 4) is 0 Å². The van der Waals surface area contributed by atoms with Crippen LogP contribution in [0.15, 0.2) is 0 Å². The fourth-order valence-electron chi connectivity index (χ4n) is 0.853. The van der Waals surface area contributed by atoms with Crippen molar-refractivity contribution < 1.29 is 14.7 Å². The van der Waals surface area contributed by atoms with Gasteiger partial charge in [0.25, 0.3) is 0 Å². The van der Waals surface area contributed by atoms with Crippen molar-refractivity contribution in [1.29, 1.82) is 0 Å². The van der Waals surface area contributed by atoms with E-state index < -0.39 is 17.4 Å². The lowest BCUT2D eigenvalue weighted by Crippen LogP contribution is -2.46. The molecule has 14 heavy (non-hydrogen) atoms. The highest BCUT2D eigenvalue weighted by Crippen LogP contribution is 2.19. The molecule has 4 nitrogen and oxygen atoms in total. The Morgan fingerprint density at radius 1 is 1.36 bits per heavy atom. The van der Waals surface area contributed by atoms with Gasteiger partial charge in [-0.05, 0) is 12.8 Å². The highest BCUT2D eigenvalue weighted by atomic mass is 16.4. The van der Waals surface area contributed by atoms with Gasteiger partial charge in [0.1, 0.15) is 6.04 Å². The summed E-state index contributed by atoms with van der Waals surface area (Å²) in [6.07, 6.45) is 1.09. The quantitative estimate of drug-likeness (QED) is 0.706. The standard InChI is InChI=1S/C10H19NO3/c1-5-7(8(12)13)11-9(14)10(3,4)6-2/h7H,5-6H2,1-4H3,(H,11,14)(H,12,13)/t7-/m1/s1. The maximum Gasteiger partial charge on any atom is 0.326 e. The Labute approximate surface area is 84.7 Å². The number of hydrogen-bond donors (Lipinski definition) is 2. The number of carbonyl (C=O) groups is 2. The molecule has 0 aromatic rings. The number of nitrogens with one attached hydrogen (secondary N) is 1. The summed E-state index contributed by atoms with van der Waals surface area (Å²) in [4.78, 5) is 22.3. The van der Waals surface area contributed by atoms with Crippen molar-refractivity contribution in [2.75, 3.05) is 0 Å². The molecule has 0 aromatic heterocycles. The van der Waals surface area contributed by atoms with Gasteiger partial charge in [0.15, 0.2) is 0 Å². The first-order valence-corrected chi connectivity index (χ1v) is 4.89. The van der Waals surface area contributed by atoms with Gasteiger partial charge in [-0.3, -0.25) is 4.79 Å². The lowest BCUT2D eigenvalue weighted by atomic mass is 9.89. The summed E-state index contributed by atoms with van der Waals surface area (Å²) in [7, 11) is 0. The van der Waals surface area contributed by atoms with Crippen LogP contribution in [0.1, 0.15) is 40.5 Å². The van der Waals surface area contributed by atoms with Gasteiger partial charge in [0.05, 0.1) is 0 Å². The van der Waals surface area contributed by atoms with Gasteiger partial charge in [-0.1, -0.05) is 27.7 Å². The minimum atomic E-state index is -0.979. The van der Waals surface area contributed by atoms with Crippen molar-refractivity contribution in [3.05, 3.63) is 0 Å². The average molecular weight is 201 g/mol. The number of carbonyl (C=O) groups excluding carboxylic acids is 1. The summed E-state index contributed by atoms with van der Waals surface area (Å²) < 4.78 is 0. The molecule has 1 atom stereocenters. The maximum atomic E-state index is 11.6. The van der Waals surface area contributed by atoms with Gasteiger partial charge in [0, 0.05) is 5.41 Å². The monoisotopic (exact) mass is 201 g/mol. The molecule has 0 heterocycles. The van der Waals surface area contributed by atoms with Crippen LogP contribution >= 0.6 is 0 Å². The zero-order valence-corrected chi connectivity index (χ0v) is 9.26. The molecular formula is C10H19NO3. The number of carboxylic acid groups (broad SMARTS) is 1. The van der Waals surface area contributed by atoms with E-state index in [1.165, 1.54) is 0 Å². The molecule has 4 heteroatoms. The van der Waals surface area contributed by atoms with E-state index in [-0.39, 0.29) is 5.91 Å². The average Bonchev–Trinajstić information content (AvgIpc) is 2.12. The molecule has 0 aliphatic carbocycles. The first kappa shape index (κ1) is 12.9. The van der Waals surface area contributed by atoms with Crippen LogP contribution in [0.4, 0.5) is 0 Å². The molecule has 0 aliphatic rings. The lowest BCUT2D eigenvalue weighted by Gasteiger charge is -2.23. The van der Waals surface area contributed by atoms with Crippen molar-refractivity contribution >= 4 is 11.9 Å². The molecule has 0 aliphatic heterocycles. The van der Waals surface area contributed by atoms with Crippen LogP contribution in [0.5, 0.6) is 0 Å². The van der Waals surface area contributed by atoms with E-state index in [0.717, 1.165) is 0 Å². The van der Waals surface area contributed by atoms with Gasteiger partial charge >= 0.3 is 5.97 Å². The third-order valence-corrected chi connectivity index (χ3v) is 2.51. The predicted octanol–water partition coefficient (Wildman–Crippen LogP) is 1.40. The van der Waals surface area contributed by atoms with Gasteiger partial charge in [-0.25, -0.2) is 4.79 Å². The van der Waals surface area contributed by atoms with Crippen molar-refractivity contribution in [1.82, 2.24) is 5.32 Å². The zero-order valence-electron chi connectivity index (χ0n) is 9.26. The Kier molecular flexibility index (Phi) is 4.60. The summed E-state index contributed by atoms with van der Waals surface area (Å²) in [5.41, 5.74) is -0.497. The number of rotatable bonds is 5. The molecule has 0 aromatic carbocycles. The zero-order chi connectivity index (χ0) is 11.4. The Balaban J connectivity index is 4.37. The Morgan fingerprint density at radius 2 is 1.86 bits per heavy atom. The third kappa shape index (κ3) is 3.36. The van der Waals surface area contributed by atoms with E-state index in [9.17, 15) is 9.59 Å². The predicted molar refractivity (Wildman–Crippen MR) is 53.9 cm³/mol. The molecule has 0 saturated carbocycles. The molecule has 2 N–H and O–H groups in total. The summed E-state index contributed by atoms with van der Waals surface area (Å²) >= 11 is 0. The topological polar surface area (TPSA) is 66.4 Å². The van der Waals surface area contributed by atoms with Gasteiger partial charge in [-0.15, -0.1) is 0 Å². The van der Waals surface area contributed by atoms with Crippen LogP contribution in [0.25, 0.3) is 0 Å². The smallest absolute Gasteiger partial charge is 0.326 e. The Morgan fingerprint density at radius 3 is 2.14 bits per heavy atom. The van der Waals surface area contributed by atoms with Crippen molar-refractivity contribution in [3.63, 3.8) is 0 Å². The molecule has 82 valence electrons. The molecule has 0 spiro atoms. The molecule has 0 unspecified atom stereocenters. The van der Waals surface area contributed by atoms with E-state index in [1.807, 2.05) is 6.92 Å². The highest BCUT2D eigenvalue weighted by Gasteiger charge is 2.28. The van der Waals surface area contributed by atoms with Crippen LogP contribution in [0, 0.1) is 5.41 Å². The summed E-state index contributed by atoms with van der Waals surface area (Å²) in [5, 5.41) is 11.3. The van der Waals surface area contributed by atoms with E-state index in [0.29, 0.717) is 12.8 Å². The van der Waals surface area contributed by atoms with E-state index in [2.05, 4.69) is 5.32 Å². The van der Waals surface area contributed by atoms with Crippen molar-refractivity contribution in [2.45, 2.75) is 46.6 Å². The largest absolute Gasteiger partial charge is 0.480 e. The molecular weight excluding hydrogens is 182 g/mol. The number of amides is 1. The van der Waals surface area contributed by atoms with Crippen LogP contribution in [0.3, 0.4) is 0 Å². The van der Waals surface area contributed by atoms with Crippen LogP contribution in [0.2, 0.25) is 0 Å². The second kappa shape index (κ2) is 4.98. The lowest BCUT2D eigenvalue weighted by molar-refractivity contribution is -0.143. The fourth-order valence-corrected chi connectivity index (χ4v) is 0.853. The summed E-state index contributed by atoms with van der Waals surface area (Å²) in [6.45, 7) is 7.24. The number of carboxylic acids is 1. The molecule has 0 rings (SSSR count). The molecule has 0 fully saturated rings. The first-order valence-electron chi connectivity index (χ1n) is 4.89. The normalized spacial score (nSPS) is 13.4. The van der Waals surface area contributed by atoms with Crippen LogP contribution in [-0.4, -0.2) is 23.0 Å². The summed E-state index contributed by atoms with van der Waals surface area (Å²) in [5.74, 6) is -1.18. The molecule has 0 saturated heterocycles. The SMILES string of the molecule is CC[C@@H](NC(=O)C(C)(C)CC)C(=O)O. The Hall–Kier alpha value is -1.06. The van der Waals surface area contributed by atoms with Gasteiger partial charge < -0.3 is 10.4 Å². The minimum Gasteiger partial charge on any atom is -0.480 e. The number of hydrogen-bond acceptors (Lipinski definition) is 2. The maximum absolute atomic E-state index is 11.6.